The molecule has 2 heterocycles. The third-order valence-electron chi connectivity index (χ3n) is 6.00. The van der Waals surface area contributed by atoms with E-state index in [9.17, 15) is 9.59 Å². The molecule has 6 heteroatoms. The normalized spacial score (nSPS) is 19.6. The van der Waals surface area contributed by atoms with Crippen LogP contribution in [0.3, 0.4) is 0 Å². The molecular formula is C22H30N4O2. The maximum Gasteiger partial charge on any atom is 0.237 e. The van der Waals surface area contributed by atoms with E-state index >= 15 is 0 Å². The van der Waals surface area contributed by atoms with E-state index in [0.29, 0.717) is 19.3 Å². The molecule has 2 amide bonds. The van der Waals surface area contributed by atoms with Crippen molar-refractivity contribution in [3.63, 3.8) is 0 Å². The number of piperidine rings is 1. The van der Waals surface area contributed by atoms with Crippen molar-refractivity contribution in [3.8, 4) is 0 Å². The summed E-state index contributed by atoms with van der Waals surface area (Å²) in [7, 11) is 2.00. The summed E-state index contributed by atoms with van der Waals surface area (Å²) in [4.78, 5) is 24.1. The van der Waals surface area contributed by atoms with E-state index in [1.807, 2.05) is 42.9 Å². The highest BCUT2D eigenvalue weighted by atomic mass is 16.2. The molecule has 1 saturated heterocycles. The number of nitrogens with one attached hydrogen (secondary N) is 2. The van der Waals surface area contributed by atoms with Gasteiger partial charge >= 0.3 is 0 Å². The van der Waals surface area contributed by atoms with E-state index in [2.05, 4.69) is 29.6 Å². The van der Waals surface area contributed by atoms with Crippen LogP contribution in [0.15, 0.2) is 24.3 Å². The fraction of sp³-hybridized carbons (Fsp3) is 0.500. The van der Waals surface area contributed by atoms with Crippen molar-refractivity contribution >= 4 is 17.5 Å². The zero-order valence-electron chi connectivity index (χ0n) is 17.3. The predicted molar refractivity (Wildman–Crippen MR) is 110 cm³/mol. The van der Waals surface area contributed by atoms with E-state index in [-0.39, 0.29) is 11.8 Å². The lowest BCUT2D eigenvalue weighted by molar-refractivity contribution is -0.138. The minimum Gasteiger partial charge on any atom is -0.381 e. The van der Waals surface area contributed by atoms with Crippen LogP contribution in [0.2, 0.25) is 0 Å². The minimum atomic E-state index is -0.611. The van der Waals surface area contributed by atoms with E-state index in [1.165, 1.54) is 11.3 Å². The molecule has 150 valence electrons. The number of carbonyl (C=O) groups is 2. The molecule has 0 aliphatic carbocycles. The molecule has 0 radical (unpaired) electrons. The molecule has 1 fully saturated rings. The number of amides is 2. The van der Waals surface area contributed by atoms with Crippen LogP contribution in [-0.2, 0) is 41.4 Å². The van der Waals surface area contributed by atoms with Crippen molar-refractivity contribution in [2.75, 3.05) is 5.32 Å². The number of nitrogens with zero attached hydrogens (tertiary/aromatic N) is 2. The Balaban J connectivity index is 1.77. The van der Waals surface area contributed by atoms with E-state index < -0.39 is 5.41 Å². The molecule has 0 bridgehead atoms. The third kappa shape index (κ3) is 3.55. The average molecular weight is 383 g/mol. The van der Waals surface area contributed by atoms with Gasteiger partial charge in [0, 0.05) is 37.0 Å². The van der Waals surface area contributed by atoms with Crippen LogP contribution in [0.5, 0.6) is 0 Å². The molecule has 28 heavy (non-hydrogen) atoms. The van der Waals surface area contributed by atoms with Gasteiger partial charge in [-0.05, 0) is 43.4 Å². The van der Waals surface area contributed by atoms with E-state index in [1.54, 1.807) is 0 Å². The van der Waals surface area contributed by atoms with Crippen LogP contribution in [0.1, 0.15) is 62.5 Å². The largest absolute Gasteiger partial charge is 0.381 e. The first kappa shape index (κ1) is 20.1. The summed E-state index contributed by atoms with van der Waals surface area (Å²) in [6.07, 6.45) is 3.49. The fourth-order valence-corrected chi connectivity index (χ4v) is 4.26. The number of imide groups is 1. The molecule has 6 nitrogen and oxygen atoms in total. The maximum absolute atomic E-state index is 12.5. The van der Waals surface area contributed by atoms with Crippen molar-refractivity contribution in [1.82, 2.24) is 15.1 Å². The highest BCUT2D eigenvalue weighted by molar-refractivity contribution is 6.03. The SMILES string of the molecule is CCc1nn(C)c(CC)c1CNc1ccc(C2(CC)CCC(=O)NC2=O)cc1. The van der Waals surface area contributed by atoms with Crippen molar-refractivity contribution in [1.29, 1.82) is 0 Å². The molecule has 1 atom stereocenters. The molecular weight excluding hydrogens is 352 g/mol. The van der Waals surface area contributed by atoms with Crippen molar-refractivity contribution in [2.24, 2.45) is 7.05 Å². The second-order valence-corrected chi connectivity index (χ2v) is 7.45. The molecule has 3 rings (SSSR count). The van der Waals surface area contributed by atoms with Crippen molar-refractivity contribution < 1.29 is 9.59 Å². The molecule has 1 aliphatic heterocycles. The van der Waals surface area contributed by atoms with Gasteiger partial charge in [-0.2, -0.15) is 5.10 Å². The van der Waals surface area contributed by atoms with Gasteiger partial charge in [0.25, 0.3) is 0 Å². The van der Waals surface area contributed by atoms with E-state index in [4.69, 9.17) is 0 Å². The Hall–Kier alpha value is -2.63. The molecule has 2 N–H and O–H groups in total. The standard InChI is InChI=1S/C22H30N4O2/c1-5-18-17(19(6-2)26(4)25-18)14-23-16-10-8-15(9-11-16)22(7-3)13-12-20(27)24-21(22)28/h8-11,23H,5-7,12-14H2,1-4H3,(H,24,27,28). The topological polar surface area (TPSA) is 76.0 Å². The number of hydrogen-bond acceptors (Lipinski definition) is 4. The smallest absolute Gasteiger partial charge is 0.237 e. The molecule has 0 saturated carbocycles. The fourth-order valence-electron chi connectivity index (χ4n) is 4.26. The molecule has 1 aromatic heterocycles. The van der Waals surface area contributed by atoms with Crippen molar-refractivity contribution in [3.05, 3.63) is 46.8 Å². The van der Waals surface area contributed by atoms with Gasteiger partial charge in [-0.3, -0.25) is 19.6 Å². The number of hydrogen-bond donors (Lipinski definition) is 2. The summed E-state index contributed by atoms with van der Waals surface area (Å²) in [5, 5.41) is 10.6. The van der Waals surface area contributed by atoms with Gasteiger partial charge in [0.15, 0.2) is 0 Å². The Morgan fingerprint density at radius 3 is 2.43 bits per heavy atom. The quantitative estimate of drug-likeness (QED) is 0.721. The van der Waals surface area contributed by atoms with Gasteiger partial charge in [0.1, 0.15) is 0 Å². The summed E-state index contributed by atoms with van der Waals surface area (Å²) < 4.78 is 1.98. The highest BCUT2D eigenvalue weighted by Crippen LogP contribution is 2.36. The summed E-state index contributed by atoms with van der Waals surface area (Å²) in [6.45, 7) is 7.01. The number of benzene rings is 1. The Morgan fingerprint density at radius 1 is 1.14 bits per heavy atom. The van der Waals surface area contributed by atoms with E-state index in [0.717, 1.165) is 36.3 Å². The minimum absolute atomic E-state index is 0.178. The first-order valence-electron chi connectivity index (χ1n) is 10.2. The van der Waals surface area contributed by atoms with Crippen molar-refractivity contribution in [2.45, 2.75) is 64.8 Å². The van der Waals surface area contributed by atoms with Gasteiger partial charge in [0.2, 0.25) is 11.8 Å². The Bertz CT molecular complexity index is 869. The van der Waals surface area contributed by atoms with Crippen LogP contribution in [0.4, 0.5) is 5.69 Å². The Labute approximate surface area is 166 Å². The zero-order chi connectivity index (χ0) is 20.3. The van der Waals surface area contributed by atoms with Gasteiger partial charge in [-0.25, -0.2) is 0 Å². The maximum atomic E-state index is 12.5. The second-order valence-electron chi connectivity index (χ2n) is 7.45. The zero-order valence-corrected chi connectivity index (χ0v) is 17.3. The number of aryl methyl sites for hydroxylation is 2. The lowest BCUT2D eigenvalue weighted by atomic mass is 9.72. The summed E-state index contributed by atoms with van der Waals surface area (Å²) >= 11 is 0. The van der Waals surface area contributed by atoms with Gasteiger partial charge in [-0.1, -0.05) is 32.9 Å². The first-order valence-corrected chi connectivity index (χ1v) is 10.2. The Morgan fingerprint density at radius 2 is 1.86 bits per heavy atom. The first-order chi connectivity index (χ1) is 13.4. The number of carbonyl (C=O) groups excluding carboxylic acids is 2. The Kier molecular flexibility index (Phi) is 5.87. The lowest BCUT2D eigenvalue weighted by Gasteiger charge is -2.35. The predicted octanol–water partition coefficient (Wildman–Crippen LogP) is 3.24. The lowest BCUT2D eigenvalue weighted by Crippen LogP contribution is -2.51. The van der Waals surface area contributed by atoms with Crippen LogP contribution >= 0.6 is 0 Å². The number of anilines is 1. The van der Waals surface area contributed by atoms with Gasteiger partial charge in [-0.15, -0.1) is 0 Å². The average Bonchev–Trinajstić information content (AvgIpc) is 3.02. The molecule has 0 spiro atoms. The summed E-state index contributed by atoms with van der Waals surface area (Å²) in [6, 6.07) is 8.05. The molecule has 1 aliphatic rings. The summed E-state index contributed by atoms with van der Waals surface area (Å²) in [5.74, 6) is -0.357. The van der Waals surface area contributed by atoms with Crippen LogP contribution in [-0.4, -0.2) is 21.6 Å². The van der Waals surface area contributed by atoms with Crippen LogP contribution in [0, 0.1) is 0 Å². The summed E-state index contributed by atoms with van der Waals surface area (Å²) in [5.41, 5.74) is 5.03. The third-order valence-corrected chi connectivity index (χ3v) is 6.00. The van der Waals surface area contributed by atoms with Crippen LogP contribution < -0.4 is 10.6 Å². The van der Waals surface area contributed by atoms with Gasteiger partial charge in [0.05, 0.1) is 11.1 Å². The number of rotatable bonds is 7. The van der Waals surface area contributed by atoms with Crippen LogP contribution in [0.25, 0.3) is 0 Å². The molecule has 1 aromatic carbocycles. The van der Waals surface area contributed by atoms with Gasteiger partial charge < -0.3 is 5.32 Å². The monoisotopic (exact) mass is 382 g/mol. The number of aromatic nitrogens is 2. The highest BCUT2D eigenvalue weighted by Gasteiger charge is 2.42. The molecule has 2 aromatic rings. The molecule has 1 unspecified atom stereocenters. The second kappa shape index (κ2) is 8.17.